The lowest BCUT2D eigenvalue weighted by atomic mass is 9.76. The summed E-state index contributed by atoms with van der Waals surface area (Å²) in [5.41, 5.74) is 7.12. The number of para-hydroxylation sites is 2. The van der Waals surface area contributed by atoms with Gasteiger partial charge in [-0.3, -0.25) is 0 Å². The van der Waals surface area contributed by atoms with Gasteiger partial charge in [0.2, 0.25) is 0 Å². The molecule has 0 bridgehead atoms. The van der Waals surface area contributed by atoms with Crippen molar-refractivity contribution in [2.45, 2.75) is 31.8 Å². The van der Waals surface area contributed by atoms with E-state index >= 15 is 0 Å². The fraction of sp³-hybridized carbons (Fsp3) is 0.122. The summed E-state index contributed by atoms with van der Waals surface area (Å²) in [5, 5.41) is 17.2. The third-order valence-electron chi connectivity index (χ3n) is 8.95. The first-order chi connectivity index (χ1) is 21.3. The predicted molar refractivity (Wildman–Crippen MR) is 180 cm³/mol. The van der Waals surface area contributed by atoms with Crippen LogP contribution in [-0.4, -0.2) is 5.11 Å². The fourth-order valence-electron chi connectivity index (χ4n) is 6.70. The molecule has 2 heterocycles. The highest BCUT2D eigenvalue weighted by molar-refractivity contribution is 6.18. The van der Waals surface area contributed by atoms with Crippen LogP contribution in [0.1, 0.15) is 43.0 Å². The van der Waals surface area contributed by atoms with Crippen molar-refractivity contribution in [3.8, 4) is 11.1 Å². The van der Waals surface area contributed by atoms with E-state index in [-0.39, 0.29) is 5.41 Å². The number of benzene rings is 6. The van der Waals surface area contributed by atoms with Crippen LogP contribution < -0.4 is 0 Å². The Bertz CT molecular complexity index is 2280. The Labute approximate surface area is 256 Å². The molecule has 0 spiro atoms. The van der Waals surface area contributed by atoms with Crippen LogP contribution in [0.3, 0.4) is 0 Å². The number of hydrogen-bond donors (Lipinski definition) is 1. The van der Waals surface area contributed by atoms with Gasteiger partial charge in [-0.2, -0.15) is 0 Å². The van der Waals surface area contributed by atoms with E-state index in [0.717, 1.165) is 71.7 Å². The molecule has 6 aromatic carbocycles. The van der Waals surface area contributed by atoms with Crippen LogP contribution >= 0.6 is 0 Å². The quantitative estimate of drug-likeness (QED) is 0.213. The van der Waals surface area contributed by atoms with Crippen LogP contribution in [0.15, 0.2) is 142 Å². The lowest BCUT2D eigenvalue weighted by Crippen LogP contribution is -2.29. The Kier molecular flexibility index (Phi) is 5.84. The van der Waals surface area contributed by atoms with Gasteiger partial charge in [-0.25, -0.2) is 0 Å². The zero-order valence-corrected chi connectivity index (χ0v) is 25.0. The van der Waals surface area contributed by atoms with Crippen molar-refractivity contribution in [3.05, 3.63) is 156 Å². The molecule has 8 aromatic rings. The van der Waals surface area contributed by atoms with E-state index in [2.05, 4.69) is 63.2 Å². The third kappa shape index (κ3) is 3.93. The van der Waals surface area contributed by atoms with Crippen LogP contribution in [0, 0.1) is 0 Å². The number of fused-ring (bicyclic) bond motifs is 6. The molecule has 0 radical (unpaired) electrons. The average molecular weight is 573 g/mol. The highest BCUT2D eigenvalue weighted by Crippen LogP contribution is 2.49. The van der Waals surface area contributed by atoms with Gasteiger partial charge in [-0.15, -0.1) is 0 Å². The minimum atomic E-state index is -1.46. The SMILES string of the molecule is CC(C)(C)c1ccc2oc3c(-c4c(C(O)(c5ccccc5)c5ccccc5)ccc5oc6ccccc6c45)cccc3c2c1. The number of aliphatic hydroxyl groups is 1. The molecule has 0 atom stereocenters. The first-order valence-electron chi connectivity index (χ1n) is 15.1. The Morgan fingerprint density at radius 1 is 0.500 bits per heavy atom. The van der Waals surface area contributed by atoms with E-state index in [4.69, 9.17) is 8.83 Å². The Morgan fingerprint density at radius 3 is 1.82 bits per heavy atom. The van der Waals surface area contributed by atoms with Crippen LogP contribution in [-0.2, 0) is 11.0 Å². The molecule has 44 heavy (non-hydrogen) atoms. The summed E-state index contributed by atoms with van der Waals surface area (Å²) >= 11 is 0. The molecule has 0 unspecified atom stereocenters. The van der Waals surface area contributed by atoms with Gasteiger partial charge in [-0.1, -0.05) is 130 Å². The zero-order chi connectivity index (χ0) is 30.1. The van der Waals surface area contributed by atoms with Crippen molar-refractivity contribution in [2.24, 2.45) is 0 Å². The van der Waals surface area contributed by atoms with Crippen molar-refractivity contribution >= 4 is 43.9 Å². The van der Waals surface area contributed by atoms with Crippen molar-refractivity contribution in [3.63, 3.8) is 0 Å². The maximum atomic E-state index is 13.1. The number of rotatable bonds is 4. The number of hydrogen-bond acceptors (Lipinski definition) is 3. The third-order valence-corrected chi connectivity index (χ3v) is 8.95. The summed E-state index contributed by atoms with van der Waals surface area (Å²) in [4.78, 5) is 0. The van der Waals surface area contributed by atoms with Crippen LogP contribution in [0.4, 0.5) is 0 Å². The minimum absolute atomic E-state index is 0.00568. The standard InChI is InChI=1S/C41H32O3/c1-40(2,3)28-21-23-35-32(25-28)29-18-12-19-31(39(29)44-35)37-33(22-24-36-38(37)30-17-10-11-20-34(30)43-36)41(42,26-13-6-4-7-14-26)27-15-8-5-9-16-27/h4-25,42H,1-3H3. The Hall–Kier alpha value is -5.12. The monoisotopic (exact) mass is 572 g/mol. The molecule has 0 amide bonds. The summed E-state index contributed by atoms with van der Waals surface area (Å²) in [6.45, 7) is 6.69. The number of furan rings is 2. The first-order valence-corrected chi connectivity index (χ1v) is 15.1. The van der Waals surface area contributed by atoms with Gasteiger partial charge >= 0.3 is 0 Å². The average Bonchev–Trinajstić information content (AvgIpc) is 3.62. The van der Waals surface area contributed by atoms with Crippen molar-refractivity contribution in [1.29, 1.82) is 0 Å². The highest BCUT2D eigenvalue weighted by atomic mass is 16.3. The van der Waals surface area contributed by atoms with Gasteiger partial charge in [-0.05, 0) is 46.4 Å². The van der Waals surface area contributed by atoms with Crippen LogP contribution in [0.5, 0.6) is 0 Å². The molecular weight excluding hydrogens is 540 g/mol. The Balaban J connectivity index is 1.54. The first kappa shape index (κ1) is 26.5. The van der Waals surface area contributed by atoms with Gasteiger partial charge in [0.1, 0.15) is 27.9 Å². The molecule has 0 aliphatic heterocycles. The molecule has 2 aromatic heterocycles. The zero-order valence-electron chi connectivity index (χ0n) is 25.0. The second kappa shape index (κ2) is 9.70. The predicted octanol–water partition coefficient (Wildman–Crippen LogP) is 10.7. The smallest absolute Gasteiger partial charge is 0.143 e. The van der Waals surface area contributed by atoms with Crippen molar-refractivity contribution < 1.29 is 13.9 Å². The van der Waals surface area contributed by atoms with Crippen molar-refractivity contribution in [2.75, 3.05) is 0 Å². The molecule has 0 aliphatic rings. The molecule has 0 fully saturated rings. The fourth-order valence-corrected chi connectivity index (χ4v) is 6.70. The molecule has 3 heteroatoms. The van der Waals surface area contributed by atoms with Gasteiger partial charge in [0, 0.05) is 38.2 Å². The van der Waals surface area contributed by atoms with E-state index in [1.54, 1.807) is 0 Å². The van der Waals surface area contributed by atoms with Gasteiger partial charge in [0.05, 0.1) is 0 Å². The molecule has 0 saturated carbocycles. The van der Waals surface area contributed by atoms with E-state index in [1.807, 2.05) is 91.0 Å². The normalized spacial score (nSPS) is 12.5. The molecule has 8 rings (SSSR count). The maximum absolute atomic E-state index is 13.1. The lowest BCUT2D eigenvalue weighted by molar-refractivity contribution is 0.126. The van der Waals surface area contributed by atoms with Gasteiger partial charge in [0.25, 0.3) is 0 Å². The Morgan fingerprint density at radius 2 is 1.11 bits per heavy atom. The summed E-state index contributed by atoms with van der Waals surface area (Å²) in [6, 6.07) is 44.7. The second-order valence-electron chi connectivity index (χ2n) is 12.6. The molecule has 0 saturated heterocycles. The van der Waals surface area contributed by atoms with E-state index in [1.165, 1.54) is 5.56 Å². The van der Waals surface area contributed by atoms with E-state index in [0.29, 0.717) is 0 Å². The summed E-state index contributed by atoms with van der Waals surface area (Å²) < 4.78 is 13.1. The van der Waals surface area contributed by atoms with Gasteiger partial charge in [0.15, 0.2) is 0 Å². The lowest BCUT2D eigenvalue weighted by Gasteiger charge is -2.32. The van der Waals surface area contributed by atoms with E-state index < -0.39 is 5.60 Å². The van der Waals surface area contributed by atoms with Crippen molar-refractivity contribution in [1.82, 2.24) is 0 Å². The maximum Gasteiger partial charge on any atom is 0.143 e. The minimum Gasteiger partial charge on any atom is -0.456 e. The topological polar surface area (TPSA) is 46.5 Å². The van der Waals surface area contributed by atoms with Gasteiger partial charge < -0.3 is 13.9 Å². The summed E-state index contributed by atoms with van der Waals surface area (Å²) in [6.07, 6.45) is 0. The van der Waals surface area contributed by atoms with E-state index in [9.17, 15) is 5.11 Å². The molecule has 3 nitrogen and oxygen atoms in total. The largest absolute Gasteiger partial charge is 0.456 e. The molecular formula is C41H32O3. The van der Waals surface area contributed by atoms with Crippen LogP contribution in [0.2, 0.25) is 0 Å². The second-order valence-corrected chi connectivity index (χ2v) is 12.6. The molecule has 1 N–H and O–H groups in total. The summed E-state index contributed by atoms with van der Waals surface area (Å²) in [5.74, 6) is 0. The summed E-state index contributed by atoms with van der Waals surface area (Å²) in [7, 11) is 0. The molecule has 214 valence electrons. The molecule has 0 aliphatic carbocycles. The highest BCUT2D eigenvalue weighted by Gasteiger charge is 2.38. The van der Waals surface area contributed by atoms with Crippen LogP contribution in [0.25, 0.3) is 55.0 Å².